The first kappa shape index (κ1) is 28.6. The van der Waals surface area contributed by atoms with Crippen molar-refractivity contribution in [3.8, 4) is 28.2 Å². The molecule has 0 aliphatic rings. The number of hydrogen-bond donors (Lipinski definition) is 0. The molecule has 0 unspecified atom stereocenters. The summed E-state index contributed by atoms with van der Waals surface area (Å²) in [4.78, 5) is 5.16. The molecule has 0 saturated carbocycles. The molecular formula is C51H30N2. The second kappa shape index (κ2) is 10.7. The molecule has 1 aromatic heterocycles. The monoisotopic (exact) mass is 670 g/mol. The highest BCUT2D eigenvalue weighted by Gasteiger charge is 2.20. The molecule has 0 aliphatic heterocycles. The summed E-state index contributed by atoms with van der Waals surface area (Å²) >= 11 is 0. The topological polar surface area (TPSA) is 17.8 Å². The Morgan fingerprint density at radius 2 is 0.887 bits per heavy atom. The predicted octanol–water partition coefficient (Wildman–Crippen LogP) is 13.9. The Morgan fingerprint density at radius 3 is 1.58 bits per heavy atom. The van der Waals surface area contributed by atoms with Gasteiger partial charge in [0.15, 0.2) is 0 Å². The largest absolute Gasteiger partial charge is 0.292 e. The van der Waals surface area contributed by atoms with E-state index in [1.165, 1.54) is 86.5 Å². The average molecular weight is 671 g/mol. The van der Waals surface area contributed by atoms with Crippen LogP contribution in [0.4, 0.5) is 0 Å². The van der Waals surface area contributed by atoms with E-state index in [0.717, 1.165) is 28.1 Å². The van der Waals surface area contributed by atoms with Gasteiger partial charge in [0.25, 0.3) is 0 Å². The van der Waals surface area contributed by atoms with Crippen LogP contribution in [0, 0.1) is 0 Å². The molecule has 0 amide bonds. The summed E-state index contributed by atoms with van der Waals surface area (Å²) < 4.78 is 2.33. The van der Waals surface area contributed by atoms with Gasteiger partial charge < -0.3 is 0 Å². The zero-order valence-corrected chi connectivity index (χ0v) is 28.7. The van der Waals surface area contributed by atoms with Crippen LogP contribution in [-0.4, -0.2) is 9.55 Å². The van der Waals surface area contributed by atoms with Crippen molar-refractivity contribution in [2.75, 3.05) is 0 Å². The first-order valence-electron chi connectivity index (χ1n) is 18.3. The van der Waals surface area contributed by atoms with Gasteiger partial charge in [0, 0.05) is 10.9 Å². The van der Waals surface area contributed by atoms with Crippen LogP contribution < -0.4 is 0 Å². The van der Waals surface area contributed by atoms with Crippen LogP contribution in [0.2, 0.25) is 0 Å². The number of rotatable bonds is 3. The van der Waals surface area contributed by atoms with Crippen molar-refractivity contribution in [1.82, 2.24) is 9.55 Å². The summed E-state index contributed by atoms with van der Waals surface area (Å²) in [5.41, 5.74) is 6.72. The Morgan fingerprint density at radius 1 is 0.340 bits per heavy atom. The maximum absolute atomic E-state index is 5.16. The van der Waals surface area contributed by atoms with E-state index in [9.17, 15) is 0 Å². The molecule has 12 rings (SSSR count). The molecule has 0 radical (unpaired) electrons. The average Bonchev–Trinajstić information content (AvgIpc) is 3.61. The lowest BCUT2D eigenvalue weighted by Gasteiger charge is -2.18. The lowest BCUT2D eigenvalue weighted by Crippen LogP contribution is -1.99. The van der Waals surface area contributed by atoms with Crippen LogP contribution >= 0.6 is 0 Å². The molecule has 2 heteroatoms. The van der Waals surface area contributed by atoms with Gasteiger partial charge in [0.05, 0.1) is 16.7 Å². The minimum absolute atomic E-state index is 0.942. The van der Waals surface area contributed by atoms with Crippen LogP contribution in [0.15, 0.2) is 182 Å². The Labute approximate surface area is 305 Å². The summed E-state index contributed by atoms with van der Waals surface area (Å²) in [6, 6.07) is 66.9. The lowest BCUT2D eigenvalue weighted by molar-refractivity contribution is 1.11. The van der Waals surface area contributed by atoms with E-state index in [1.807, 2.05) is 0 Å². The first-order chi connectivity index (χ1) is 26.3. The van der Waals surface area contributed by atoms with Crippen molar-refractivity contribution in [2.45, 2.75) is 0 Å². The summed E-state index contributed by atoms with van der Waals surface area (Å²) in [5.74, 6) is 0.942. The number of benzene rings is 10. The van der Waals surface area contributed by atoms with E-state index in [2.05, 4.69) is 187 Å². The number of para-hydroxylation sites is 2. The van der Waals surface area contributed by atoms with Crippen molar-refractivity contribution < 1.29 is 0 Å². The highest BCUT2D eigenvalue weighted by Crippen LogP contribution is 2.45. The molecule has 0 spiro atoms. The molecule has 53 heavy (non-hydrogen) atoms. The summed E-state index contributed by atoms with van der Waals surface area (Å²) in [5, 5.41) is 17.9. The van der Waals surface area contributed by atoms with Crippen molar-refractivity contribution in [2.24, 2.45) is 0 Å². The molecule has 12 aromatic rings. The minimum Gasteiger partial charge on any atom is -0.292 e. The minimum atomic E-state index is 0.942. The molecule has 11 aromatic carbocycles. The van der Waals surface area contributed by atoms with Gasteiger partial charge in [-0.25, -0.2) is 4.98 Å². The second-order valence-electron chi connectivity index (χ2n) is 14.3. The van der Waals surface area contributed by atoms with E-state index in [0.29, 0.717) is 0 Å². The second-order valence-corrected chi connectivity index (χ2v) is 14.3. The molecule has 0 fully saturated rings. The third kappa shape index (κ3) is 4.01. The maximum Gasteiger partial charge on any atom is 0.145 e. The fourth-order valence-electron chi connectivity index (χ4n) is 9.22. The third-order valence-electron chi connectivity index (χ3n) is 11.5. The number of fused-ring (bicyclic) bond motifs is 4. The predicted molar refractivity (Wildman–Crippen MR) is 226 cm³/mol. The quantitative estimate of drug-likeness (QED) is 0.171. The van der Waals surface area contributed by atoms with Gasteiger partial charge in [0.1, 0.15) is 5.82 Å². The summed E-state index contributed by atoms with van der Waals surface area (Å²) in [7, 11) is 0. The summed E-state index contributed by atoms with van der Waals surface area (Å²) in [6.45, 7) is 0. The van der Waals surface area contributed by atoms with E-state index >= 15 is 0 Å². The smallest absolute Gasteiger partial charge is 0.145 e. The summed E-state index contributed by atoms with van der Waals surface area (Å²) in [6.07, 6.45) is 0. The van der Waals surface area contributed by atoms with Crippen LogP contribution in [0.5, 0.6) is 0 Å². The zero-order chi connectivity index (χ0) is 34.6. The molecule has 0 bridgehead atoms. The molecule has 0 atom stereocenters. The van der Waals surface area contributed by atoms with E-state index in [4.69, 9.17) is 4.98 Å². The van der Waals surface area contributed by atoms with Crippen molar-refractivity contribution in [1.29, 1.82) is 0 Å². The van der Waals surface area contributed by atoms with Gasteiger partial charge in [0.2, 0.25) is 0 Å². The van der Waals surface area contributed by atoms with E-state index in [1.54, 1.807) is 0 Å². The van der Waals surface area contributed by atoms with Crippen molar-refractivity contribution in [3.63, 3.8) is 0 Å². The number of hydrogen-bond acceptors (Lipinski definition) is 1. The van der Waals surface area contributed by atoms with Crippen LogP contribution in [-0.2, 0) is 0 Å². The third-order valence-corrected chi connectivity index (χ3v) is 11.5. The molecule has 0 saturated heterocycles. The fraction of sp³-hybridized carbons (Fsp3) is 0. The molecular weight excluding hydrogens is 641 g/mol. The van der Waals surface area contributed by atoms with Gasteiger partial charge in [-0.3, -0.25) is 4.57 Å². The van der Waals surface area contributed by atoms with Crippen LogP contribution in [0.25, 0.3) is 115 Å². The molecule has 2 nitrogen and oxygen atoms in total. The van der Waals surface area contributed by atoms with Gasteiger partial charge in [-0.05, 0) is 111 Å². The van der Waals surface area contributed by atoms with Crippen LogP contribution in [0.3, 0.4) is 0 Å². The van der Waals surface area contributed by atoms with Gasteiger partial charge >= 0.3 is 0 Å². The molecule has 0 aliphatic carbocycles. The molecule has 244 valence electrons. The van der Waals surface area contributed by atoms with E-state index in [-0.39, 0.29) is 0 Å². The van der Waals surface area contributed by atoms with Crippen LogP contribution in [0.1, 0.15) is 0 Å². The van der Waals surface area contributed by atoms with Crippen molar-refractivity contribution >= 4 is 86.4 Å². The normalized spacial score (nSPS) is 12.2. The Balaban J connectivity index is 1.21. The number of imidazole rings is 1. The Hall–Kier alpha value is -7.03. The zero-order valence-electron chi connectivity index (χ0n) is 28.7. The Bertz CT molecular complexity index is 3440. The fourth-order valence-corrected chi connectivity index (χ4v) is 9.22. The SMILES string of the molecule is c1ccc(-c2nc3ccccc3n2-c2ccc(-c3cc4ccc5cccc6c7cccc8ccc9cccc(c(c3)c4c56)c9c87)c3ccccc23)cc1. The molecule has 0 N–H and O–H groups in total. The number of nitrogens with zero attached hydrogens (tertiary/aromatic N) is 2. The van der Waals surface area contributed by atoms with Crippen molar-refractivity contribution in [3.05, 3.63) is 182 Å². The highest BCUT2D eigenvalue weighted by molar-refractivity contribution is 6.37. The molecule has 1 heterocycles. The van der Waals surface area contributed by atoms with Gasteiger partial charge in [-0.15, -0.1) is 0 Å². The Kier molecular flexibility index (Phi) is 5.80. The lowest BCUT2D eigenvalue weighted by atomic mass is 9.86. The first-order valence-corrected chi connectivity index (χ1v) is 18.3. The van der Waals surface area contributed by atoms with Gasteiger partial charge in [-0.1, -0.05) is 152 Å². The van der Waals surface area contributed by atoms with E-state index < -0.39 is 0 Å². The standard InChI is InChI=1S/C51H30N2/c1-2-11-34(12-3-1)51-52-44-21-6-7-22-46(44)53(51)45-28-27-37(38-16-4-5-17-39(38)45)36-29-35-26-25-33-14-9-19-41-40-18-8-13-31-23-24-32-15-10-20-42(49(32)47(31)40)43(30-36)50(35)48(33)41/h1-30H. The maximum atomic E-state index is 5.16. The number of aromatic nitrogens is 2. The van der Waals surface area contributed by atoms with Gasteiger partial charge in [-0.2, -0.15) is 0 Å². The highest BCUT2D eigenvalue weighted by atomic mass is 15.1.